The number of ether oxygens (including phenoxy) is 2. The Balaban J connectivity index is 2.03. The topological polar surface area (TPSA) is 56.5 Å². The summed E-state index contributed by atoms with van der Waals surface area (Å²) in [6.07, 6.45) is 4.44. The SMILES string of the molecule is COc1cc(NC2CCC(N)CC2)cc(OC)c1. The van der Waals surface area contributed by atoms with Crippen LogP contribution >= 0.6 is 0 Å². The number of hydrogen-bond acceptors (Lipinski definition) is 4. The predicted molar refractivity (Wildman–Crippen MR) is 73.4 cm³/mol. The van der Waals surface area contributed by atoms with Gasteiger partial charge in [0, 0.05) is 36.0 Å². The van der Waals surface area contributed by atoms with Crippen molar-refractivity contribution < 1.29 is 9.47 Å². The first-order chi connectivity index (χ1) is 8.71. The predicted octanol–water partition coefficient (Wildman–Crippen LogP) is 2.39. The van der Waals surface area contributed by atoms with Crippen LogP contribution in [-0.2, 0) is 0 Å². The van der Waals surface area contributed by atoms with Gasteiger partial charge in [0.1, 0.15) is 11.5 Å². The van der Waals surface area contributed by atoms with Gasteiger partial charge in [0.15, 0.2) is 0 Å². The Morgan fingerprint density at radius 1 is 1.00 bits per heavy atom. The first kappa shape index (κ1) is 13.0. The van der Waals surface area contributed by atoms with Crippen molar-refractivity contribution in [3.63, 3.8) is 0 Å². The molecule has 100 valence electrons. The Morgan fingerprint density at radius 3 is 2.06 bits per heavy atom. The minimum atomic E-state index is 0.378. The van der Waals surface area contributed by atoms with Crippen LogP contribution in [0.1, 0.15) is 25.7 Å². The van der Waals surface area contributed by atoms with Crippen molar-refractivity contribution in [2.24, 2.45) is 5.73 Å². The van der Waals surface area contributed by atoms with Gasteiger partial charge in [-0.05, 0) is 25.7 Å². The fraction of sp³-hybridized carbons (Fsp3) is 0.571. The summed E-state index contributed by atoms with van der Waals surface area (Å²) in [5, 5.41) is 3.54. The zero-order valence-electron chi connectivity index (χ0n) is 11.1. The monoisotopic (exact) mass is 250 g/mol. The molecular weight excluding hydrogens is 228 g/mol. The number of nitrogens with two attached hydrogens (primary N) is 1. The highest BCUT2D eigenvalue weighted by Crippen LogP contribution is 2.28. The van der Waals surface area contributed by atoms with E-state index in [0.717, 1.165) is 42.9 Å². The Bertz CT molecular complexity index is 365. The normalized spacial score (nSPS) is 23.5. The Labute approximate surface area is 108 Å². The molecule has 0 bridgehead atoms. The summed E-state index contributed by atoms with van der Waals surface area (Å²) < 4.78 is 10.5. The standard InChI is InChI=1S/C14H22N2O2/c1-17-13-7-12(8-14(9-13)18-2)16-11-5-3-10(15)4-6-11/h7-11,16H,3-6,15H2,1-2H3. The van der Waals surface area contributed by atoms with Crippen LogP contribution in [0.15, 0.2) is 18.2 Å². The minimum Gasteiger partial charge on any atom is -0.497 e. The second kappa shape index (κ2) is 5.96. The summed E-state index contributed by atoms with van der Waals surface area (Å²) in [6.45, 7) is 0. The van der Waals surface area contributed by atoms with E-state index in [-0.39, 0.29) is 0 Å². The van der Waals surface area contributed by atoms with E-state index < -0.39 is 0 Å². The highest BCUT2D eigenvalue weighted by molar-refractivity contribution is 5.54. The molecule has 1 fully saturated rings. The van der Waals surface area contributed by atoms with Crippen LogP contribution in [0.4, 0.5) is 5.69 Å². The number of hydrogen-bond donors (Lipinski definition) is 2. The maximum Gasteiger partial charge on any atom is 0.124 e. The highest BCUT2D eigenvalue weighted by Gasteiger charge is 2.18. The molecule has 0 amide bonds. The molecule has 0 unspecified atom stereocenters. The van der Waals surface area contributed by atoms with E-state index in [0.29, 0.717) is 12.1 Å². The molecule has 0 saturated heterocycles. The summed E-state index contributed by atoms with van der Waals surface area (Å²) in [7, 11) is 3.33. The van der Waals surface area contributed by atoms with Crippen molar-refractivity contribution >= 4 is 5.69 Å². The number of methoxy groups -OCH3 is 2. The minimum absolute atomic E-state index is 0.378. The molecule has 1 aliphatic rings. The quantitative estimate of drug-likeness (QED) is 0.861. The third-order valence-corrected chi connectivity index (χ3v) is 3.49. The van der Waals surface area contributed by atoms with E-state index in [4.69, 9.17) is 15.2 Å². The van der Waals surface area contributed by atoms with Gasteiger partial charge in [-0.3, -0.25) is 0 Å². The number of anilines is 1. The fourth-order valence-corrected chi connectivity index (χ4v) is 2.39. The Kier molecular flexibility index (Phi) is 4.31. The maximum absolute atomic E-state index is 5.91. The van der Waals surface area contributed by atoms with Gasteiger partial charge in [-0.25, -0.2) is 0 Å². The molecule has 1 saturated carbocycles. The zero-order chi connectivity index (χ0) is 13.0. The Hall–Kier alpha value is -1.42. The lowest BCUT2D eigenvalue weighted by atomic mass is 9.91. The maximum atomic E-state index is 5.91. The van der Waals surface area contributed by atoms with Crippen molar-refractivity contribution in [2.45, 2.75) is 37.8 Å². The lowest BCUT2D eigenvalue weighted by Gasteiger charge is -2.27. The van der Waals surface area contributed by atoms with Gasteiger partial charge in [-0.2, -0.15) is 0 Å². The third kappa shape index (κ3) is 3.29. The van der Waals surface area contributed by atoms with Crippen molar-refractivity contribution in [2.75, 3.05) is 19.5 Å². The van der Waals surface area contributed by atoms with Crippen LogP contribution in [0.3, 0.4) is 0 Å². The molecule has 4 heteroatoms. The second-order valence-corrected chi connectivity index (χ2v) is 4.86. The third-order valence-electron chi connectivity index (χ3n) is 3.49. The second-order valence-electron chi connectivity index (χ2n) is 4.86. The first-order valence-corrected chi connectivity index (χ1v) is 6.46. The van der Waals surface area contributed by atoms with Crippen molar-refractivity contribution in [1.82, 2.24) is 0 Å². The molecule has 0 aliphatic heterocycles. The lowest BCUT2D eigenvalue weighted by molar-refractivity contribution is 0.393. The fourth-order valence-electron chi connectivity index (χ4n) is 2.39. The van der Waals surface area contributed by atoms with E-state index in [2.05, 4.69) is 5.32 Å². The molecule has 4 nitrogen and oxygen atoms in total. The van der Waals surface area contributed by atoms with Crippen molar-refractivity contribution in [3.05, 3.63) is 18.2 Å². The molecule has 0 heterocycles. The van der Waals surface area contributed by atoms with E-state index in [1.165, 1.54) is 0 Å². The number of benzene rings is 1. The molecule has 0 radical (unpaired) electrons. The van der Waals surface area contributed by atoms with Crippen molar-refractivity contribution in [3.8, 4) is 11.5 Å². The molecular formula is C14H22N2O2. The van der Waals surface area contributed by atoms with Gasteiger partial charge >= 0.3 is 0 Å². The van der Waals surface area contributed by atoms with Crippen LogP contribution < -0.4 is 20.5 Å². The highest BCUT2D eigenvalue weighted by atomic mass is 16.5. The largest absolute Gasteiger partial charge is 0.497 e. The van der Waals surface area contributed by atoms with Gasteiger partial charge < -0.3 is 20.5 Å². The molecule has 3 N–H and O–H groups in total. The first-order valence-electron chi connectivity index (χ1n) is 6.46. The summed E-state index contributed by atoms with van der Waals surface area (Å²) in [5.74, 6) is 1.62. The van der Waals surface area contributed by atoms with Crippen LogP contribution in [0.2, 0.25) is 0 Å². The summed E-state index contributed by atoms with van der Waals surface area (Å²) in [6, 6.07) is 6.75. The van der Waals surface area contributed by atoms with Gasteiger partial charge in [0.2, 0.25) is 0 Å². The van der Waals surface area contributed by atoms with E-state index in [9.17, 15) is 0 Å². The zero-order valence-corrected chi connectivity index (χ0v) is 11.1. The van der Waals surface area contributed by atoms with E-state index in [1.54, 1.807) is 14.2 Å². The number of nitrogens with one attached hydrogen (secondary N) is 1. The lowest BCUT2D eigenvalue weighted by Crippen LogP contribution is -2.32. The van der Waals surface area contributed by atoms with Crippen LogP contribution in [0, 0.1) is 0 Å². The average Bonchev–Trinajstić information content (AvgIpc) is 2.41. The summed E-state index contributed by atoms with van der Waals surface area (Å²) in [5.41, 5.74) is 6.96. The van der Waals surface area contributed by atoms with Crippen LogP contribution in [0.25, 0.3) is 0 Å². The molecule has 2 rings (SSSR count). The molecule has 18 heavy (non-hydrogen) atoms. The van der Waals surface area contributed by atoms with Gasteiger partial charge in [0.05, 0.1) is 14.2 Å². The molecule has 1 aromatic rings. The van der Waals surface area contributed by atoms with Crippen molar-refractivity contribution in [1.29, 1.82) is 0 Å². The molecule has 0 aromatic heterocycles. The molecule has 0 spiro atoms. The molecule has 1 aromatic carbocycles. The van der Waals surface area contributed by atoms with Crippen LogP contribution in [-0.4, -0.2) is 26.3 Å². The molecule has 1 aliphatic carbocycles. The smallest absolute Gasteiger partial charge is 0.124 e. The number of rotatable bonds is 4. The summed E-state index contributed by atoms with van der Waals surface area (Å²) >= 11 is 0. The molecule has 0 atom stereocenters. The summed E-state index contributed by atoms with van der Waals surface area (Å²) in [4.78, 5) is 0. The van der Waals surface area contributed by atoms with Gasteiger partial charge in [-0.1, -0.05) is 0 Å². The Morgan fingerprint density at radius 2 is 1.56 bits per heavy atom. The van der Waals surface area contributed by atoms with Gasteiger partial charge in [0.25, 0.3) is 0 Å². The van der Waals surface area contributed by atoms with E-state index >= 15 is 0 Å². The average molecular weight is 250 g/mol. The van der Waals surface area contributed by atoms with Gasteiger partial charge in [-0.15, -0.1) is 0 Å². The van der Waals surface area contributed by atoms with Crippen LogP contribution in [0.5, 0.6) is 11.5 Å². The van der Waals surface area contributed by atoms with E-state index in [1.807, 2.05) is 18.2 Å².